The largest absolute Gasteiger partial charge is 0.463 e. The zero-order valence-electron chi connectivity index (χ0n) is 10.9. The second-order valence-corrected chi connectivity index (χ2v) is 4.48. The normalized spacial score (nSPS) is 10.7. The highest BCUT2D eigenvalue weighted by Gasteiger charge is 2.15. The number of benzene rings is 1. The Morgan fingerprint density at radius 1 is 1.30 bits per heavy atom. The van der Waals surface area contributed by atoms with Gasteiger partial charge in [-0.3, -0.25) is 10.2 Å². The maximum Gasteiger partial charge on any atom is 0.265 e. The molecule has 1 aromatic carbocycles. The Morgan fingerprint density at radius 3 is 2.85 bits per heavy atom. The minimum absolute atomic E-state index is 0.351. The molecule has 0 saturated heterocycles. The molecular weight excluding hydrogens is 254 g/mol. The predicted octanol–water partition coefficient (Wildman–Crippen LogP) is 2.41. The fourth-order valence-corrected chi connectivity index (χ4v) is 2.21. The highest BCUT2D eigenvalue weighted by molar-refractivity contribution is 6.07. The average molecular weight is 267 g/mol. The first-order valence-corrected chi connectivity index (χ1v) is 6.16. The Balaban J connectivity index is 2.35. The standard InChI is InChI=1S/C15H13N3O2/c1-9-4-2-5-10-11(15(19)18-16)8-12(17-14(9)10)13-6-3-7-20-13/h2-8H,16H2,1H3,(H,18,19). The highest BCUT2D eigenvalue weighted by atomic mass is 16.3. The first-order chi connectivity index (χ1) is 9.70. The molecule has 0 fully saturated rings. The topological polar surface area (TPSA) is 81.2 Å². The molecule has 0 bridgehead atoms. The number of hydrogen-bond acceptors (Lipinski definition) is 4. The molecule has 3 N–H and O–H groups in total. The molecule has 0 atom stereocenters. The van der Waals surface area contributed by atoms with Crippen molar-refractivity contribution in [3.63, 3.8) is 0 Å². The summed E-state index contributed by atoms with van der Waals surface area (Å²) in [7, 11) is 0. The van der Waals surface area contributed by atoms with Crippen molar-refractivity contribution in [3.05, 3.63) is 53.8 Å². The zero-order valence-corrected chi connectivity index (χ0v) is 10.9. The minimum atomic E-state index is -0.351. The lowest BCUT2D eigenvalue weighted by Crippen LogP contribution is -2.30. The van der Waals surface area contributed by atoms with Gasteiger partial charge in [-0.1, -0.05) is 18.2 Å². The zero-order chi connectivity index (χ0) is 14.1. The van der Waals surface area contributed by atoms with E-state index in [2.05, 4.69) is 10.4 Å². The van der Waals surface area contributed by atoms with Crippen LogP contribution in [0.2, 0.25) is 0 Å². The number of nitrogens with zero attached hydrogens (tertiary/aromatic N) is 1. The average Bonchev–Trinajstić information content (AvgIpc) is 3.00. The van der Waals surface area contributed by atoms with Crippen LogP contribution < -0.4 is 11.3 Å². The van der Waals surface area contributed by atoms with Gasteiger partial charge in [-0.25, -0.2) is 10.8 Å². The van der Waals surface area contributed by atoms with Crippen LogP contribution in [0.5, 0.6) is 0 Å². The summed E-state index contributed by atoms with van der Waals surface area (Å²) in [5.74, 6) is 5.52. The van der Waals surface area contributed by atoms with Crippen LogP contribution in [0.1, 0.15) is 15.9 Å². The third kappa shape index (κ3) is 1.94. The van der Waals surface area contributed by atoms with E-state index in [0.29, 0.717) is 17.0 Å². The van der Waals surface area contributed by atoms with E-state index in [9.17, 15) is 4.79 Å². The summed E-state index contributed by atoms with van der Waals surface area (Å²) >= 11 is 0. The number of pyridine rings is 1. The van der Waals surface area contributed by atoms with Gasteiger partial charge in [0.25, 0.3) is 5.91 Å². The molecule has 0 aliphatic carbocycles. The highest BCUT2D eigenvalue weighted by Crippen LogP contribution is 2.26. The molecule has 2 heterocycles. The van der Waals surface area contributed by atoms with E-state index >= 15 is 0 Å². The molecular formula is C15H13N3O2. The van der Waals surface area contributed by atoms with Gasteiger partial charge in [-0.05, 0) is 30.7 Å². The van der Waals surface area contributed by atoms with Crippen LogP contribution in [0.3, 0.4) is 0 Å². The van der Waals surface area contributed by atoms with Crippen LogP contribution in [0.4, 0.5) is 0 Å². The molecule has 0 unspecified atom stereocenters. The van der Waals surface area contributed by atoms with E-state index in [1.54, 1.807) is 24.5 Å². The number of hydrazine groups is 1. The van der Waals surface area contributed by atoms with E-state index < -0.39 is 0 Å². The first kappa shape index (κ1) is 12.4. The van der Waals surface area contributed by atoms with Crippen LogP contribution in [-0.4, -0.2) is 10.9 Å². The minimum Gasteiger partial charge on any atom is -0.463 e. The molecule has 0 aliphatic rings. The van der Waals surface area contributed by atoms with Crippen LogP contribution >= 0.6 is 0 Å². The number of nitrogen functional groups attached to an aromatic ring is 1. The van der Waals surface area contributed by atoms with Crippen LogP contribution in [0.15, 0.2) is 47.1 Å². The molecule has 2 aromatic heterocycles. The molecule has 5 nitrogen and oxygen atoms in total. The summed E-state index contributed by atoms with van der Waals surface area (Å²) in [6.07, 6.45) is 1.57. The van der Waals surface area contributed by atoms with Gasteiger partial charge in [-0.15, -0.1) is 0 Å². The Morgan fingerprint density at radius 2 is 2.15 bits per heavy atom. The molecule has 3 rings (SSSR count). The maximum absolute atomic E-state index is 12.0. The summed E-state index contributed by atoms with van der Waals surface area (Å²) in [6.45, 7) is 1.95. The van der Waals surface area contributed by atoms with Crippen molar-refractivity contribution in [1.29, 1.82) is 0 Å². The number of aryl methyl sites for hydroxylation is 1. The van der Waals surface area contributed by atoms with Gasteiger partial charge in [0.15, 0.2) is 5.76 Å². The van der Waals surface area contributed by atoms with Crippen LogP contribution in [-0.2, 0) is 0 Å². The van der Waals surface area contributed by atoms with Crippen LogP contribution in [0.25, 0.3) is 22.4 Å². The summed E-state index contributed by atoms with van der Waals surface area (Å²) < 4.78 is 5.35. The van der Waals surface area contributed by atoms with Crippen molar-refractivity contribution >= 4 is 16.8 Å². The van der Waals surface area contributed by atoms with E-state index in [1.807, 2.05) is 25.1 Å². The van der Waals surface area contributed by atoms with Gasteiger partial charge >= 0.3 is 0 Å². The third-order valence-corrected chi connectivity index (χ3v) is 3.19. The van der Waals surface area contributed by atoms with Crippen LogP contribution in [0, 0.1) is 6.92 Å². The van der Waals surface area contributed by atoms with Gasteiger partial charge in [-0.2, -0.15) is 0 Å². The number of rotatable bonds is 2. The van der Waals surface area contributed by atoms with Crippen molar-refractivity contribution < 1.29 is 9.21 Å². The molecule has 5 heteroatoms. The second kappa shape index (κ2) is 4.79. The van der Waals surface area contributed by atoms with Gasteiger partial charge in [0.05, 0.1) is 17.3 Å². The Kier molecular flexibility index (Phi) is 2.96. The van der Waals surface area contributed by atoms with Gasteiger partial charge in [0.1, 0.15) is 5.69 Å². The Bertz CT molecular complexity index is 779. The fourth-order valence-electron chi connectivity index (χ4n) is 2.21. The number of fused-ring (bicyclic) bond motifs is 1. The van der Waals surface area contributed by atoms with Crippen molar-refractivity contribution in [2.75, 3.05) is 0 Å². The number of hydrogen-bond donors (Lipinski definition) is 2. The quantitative estimate of drug-likeness (QED) is 0.424. The summed E-state index contributed by atoms with van der Waals surface area (Å²) in [6, 6.07) is 11.0. The lowest BCUT2D eigenvalue weighted by atomic mass is 10.0. The SMILES string of the molecule is Cc1cccc2c(C(=O)NN)cc(-c3ccco3)nc12. The molecule has 0 radical (unpaired) electrons. The van der Waals surface area contributed by atoms with E-state index in [-0.39, 0.29) is 5.91 Å². The van der Waals surface area contributed by atoms with Crippen molar-refractivity contribution in [3.8, 4) is 11.5 Å². The number of amides is 1. The number of carbonyl (C=O) groups is 1. The monoisotopic (exact) mass is 267 g/mol. The van der Waals surface area contributed by atoms with E-state index in [4.69, 9.17) is 10.3 Å². The number of para-hydroxylation sites is 1. The van der Waals surface area contributed by atoms with Gasteiger partial charge in [0.2, 0.25) is 0 Å². The number of furan rings is 1. The first-order valence-electron chi connectivity index (χ1n) is 6.16. The van der Waals surface area contributed by atoms with E-state index in [0.717, 1.165) is 16.5 Å². The smallest absolute Gasteiger partial charge is 0.265 e. The predicted molar refractivity (Wildman–Crippen MR) is 75.8 cm³/mol. The lowest BCUT2D eigenvalue weighted by Gasteiger charge is -2.09. The van der Waals surface area contributed by atoms with Crippen molar-refractivity contribution in [2.24, 2.45) is 5.84 Å². The van der Waals surface area contributed by atoms with Gasteiger partial charge in [0, 0.05) is 5.39 Å². The number of aromatic nitrogens is 1. The Hall–Kier alpha value is -2.66. The van der Waals surface area contributed by atoms with Crippen molar-refractivity contribution in [2.45, 2.75) is 6.92 Å². The summed E-state index contributed by atoms with van der Waals surface area (Å²) in [5.41, 5.74) is 5.01. The summed E-state index contributed by atoms with van der Waals surface area (Å²) in [4.78, 5) is 16.5. The third-order valence-electron chi connectivity index (χ3n) is 3.19. The van der Waals surface area contributed by atoms with Gasteiger partial charge < -0.3 is 4.42 Å². The van der Waals surface area contributed by atoms with E-state index in [1.165, 1.54) is 0 Å². The number of nitrogens with one attached hydrogen (secondary N) is 1. The maximum atomic E-state index is 12.0. The lowest BCUT2D eigenvalue weighted by molar-refractivity contribution is 0.0955. The molecule has 0 saturated carbocycles. The number of nitrogens with two attached hydrogens (primary N) is 1. The number of carbonyl (C=O) groups excluding carboxylic acids is 1. The fraction of sp³-hybridized carbons (Fsp3) is 0.0667. The molecule has 1 amide bonds. The molecule has 100 valence electrons. The van der Waals surface area contributed by atoms with Crippen molar-refractivity contribution in [1.82, 2.24) is 10.4 Å². The molecule has 0 aliphatic heterocycles. The summed E-state index contributed by atoms with van der Waals surface area (Å²) in [5, 5.41) is 0.767. The molecule has 0 spiro atoms. The Labute approximate surface area is 115 Å². The second-order valence-electron chi connectivity index (χ2n) is 4.48. The molecule has 3 aromatic rings. The molecule has 20 heavy (non-hydrogen) atoms.